The Hall–Kier alpha value is -2.03. The summed E-state index contributed by atoms with van der Waals surface area (Å²) < 4.78 is 26.1. The van der Waals surface area contributed by atoms with E-state index in [1.807, 2.05) is 6.92 Å². The van der Waals surface area contributed by atoms with Gasteiger partial charge in [0.05, 0.1) is 11.0 Å². The molecule has 4 nitrogen and oxygen atoms in total. The van der Waals surface area contributed by atoms with Crippen molar-refractivity contribution in [1.82, 2.24) is 20.4 Å². The third-order valence-electron chi connectivity index (χ3n) is 3.18. The molecule has 4 rings (SSSR count). The van der Waals surface area contributed by atoms with Gasteiger partial charge in [-0.1, -0.05) is 0 Å². The number of halogens is 3. The second-order valence-corrected chi connectivity index (χ2v) is 5.79. The van der Waals surface area contributed by atoms with E-state index in [2.05, 4.69) is 43.0 Å². The minimum Gasteiger partial charge on any atom is -0.282 e. The summed E-state index contributed by atoms with van der Waals surface area (Å²) >= 11 is 2.12. The molecule has 4 aromatic rings. The van der Waals surface area contributed by atoms with Gasteiger partial charge >= 0.3 is 0 Å². The highest BCUT2D eigenvalue weighted by molar-refractivity contribution is 14.1. The molecule has 0 saturated heterocycles. The maximum Gasteiger partial charge on any atom is 0.125 e. The zero-order chi connectivity index (χ0) is 15.7. The van der Waals surface area contributed by atoms with Crippen LogP contribution >= 0.6 is 22.6 Å². The number of benzene rings is 2. The first-order chi connectivity index (χ1) is 10.5. The third-order valence-corrected chi connectivity index (χ3v) is 4.00. The quantitative estimate of drug-likeness (QED) is 0.423. The van der Waals surface area contributed by atoms with Gasteiger partial charge in [-0.2, -0.15) is 10.2 Å². The minimum atomic E-state index is -0.250. The van der Waals surface area contributed by atoms with Gasteiger partial charge in [0.1, 0.15) is 15.3 Å². The van der Waals surface area contributed by atoms with E-state index in [0.29, 0.717) is 11.0 Å². The number of nitrogens with one attached hydrogen (secondary N) is 2. The Kier molecular flexibility index (Phi) is 4.06. The van der Waals surface area contributed by atoms with Crippen LogP contribution < -0.4 is 0 Å². The van der Waals surface area contributed by atoms with Crippen LogP contribution in [0.3, 0.4) is 0 Å². The van der Waals surface area contributed by atoms with Gasteiger partial charge in [0, 0.05) is 28.6 Å². The summed E-state index contributed by atoms with van der Waals surface area (Å²) in [5.74, 6) is -0.496. The monoisotopic (exact) mass is 412 g/mol. The van der Waals surface area contributed by atoms with Crippen molar-refractivity contribution in [3.8, 4) is 0 Å². The molecule has 22 heavy (non-hydrogen) atoms. The molecule has 0 bridgehead atoms. The van der Waals surface area contributed by atoms with Crippen LogP contribution in [0.25, 0.3) is 21.8 Å². The fourth-order valence-corrected chi connectivity index (χ4v) is 2.65. The Bertz CT molecular complexity index is 867. The molecule has 0 amide bonds. The summed E-state index contributed by atoms with van der Waals surface area (Å²) in [6.45, 7) is 1.91. The molecule has 0 aliphatic carbocycles. The molecule has 112 valence electrons. The van der Waals surface area contributed by atoms with Crippen LogP contribution in [0.5, 0.6) is 0 Å². The Morgan fingerprint density at radius 2 is 1.41 bits per heavy atom. The molecular weight excluding hydrogens is 401 g/mol. The van der Waals surface area contributed by atoms with Crippen molar-refractivity contribution in [1.29, 1.82) is 0 Å². The van der Waals surface area contributed by atoms with Crippen molar-refractivity contribution in [2.24, 2.45) is 0 Å². The van der Waals surface area contributed by atoms with Crippen molar-refractivity contribution >= 4 is 44.4 Å². The molecule has 0 aliphatic heterocycles. The lowest BCUT2D eigenvalue weighted by molar-refractivity contribution is 0.629. The smallest absolute Gasteiger partial charge is 0.125 e. The number of aromatic nitrogens is 4. The van der Waals surface area contributed by atoms with Gasteiger partial charge in [-0.15, -0.1) is 0 Å². The number of rotatable bonds is 0. The molecule has 2 aromatic heterocycles. The Morgan fingerprint density at radius 3 is 2.09 bits per heavy atom. The average Bonchev–Trinajstić information content (AvgIpc) is 3.03. The van der Waals surface area contributed by atoms with E-state index in [1.54, 1.807) is 12.1 Å². The molecule has 2 aromatic carbocycles. The number of aromatic amines is 2. The molecule has 2 heterocycles. The van der Waals surface area contributed by atoms with Crippen molar-refractivity contribution in [2.45, 2.75) is 6.92 Å². The lowest BCUT2D eigenvalue weighted by Crippen LogP contribution is -1.72. The van der Waals surface area contributed by atoms with E-state index in [1.165, 1.54) is 24.3 Å². The number of hydrogen-bond donors (Lipinski definition) is 2. The van der Waals surface area contributed by atoms with Crippen molar-refractivity contribution in [3.63, 3.8) is 0 Å². The van der Waals surface area contributed by atoms with E-state index < -0.39 is 0 Å². The SMILES string of the molecule is Cc1[nH]nc2cc(F)ccc12.Fc1ccc2c(I)[nH]nc2c1. The average molecular weight is 412 g/mol. The summed E-state index contributed by atoms with van der Waals surface area (Å²) in [5.41, 5.74) is 2.33. The van der Waals surface area contributed by atoms with E-state index in [0.717, 1.165) is 20.2 Å². The van der Waals surface area contributed by atoms with Gasteiger partial charge in [-0.3, -0.25) is 10.2 Å². The van der Waals surface area contributed by atoms with Gasteiger partial charge in [0.25, 0.3) is 0 Å². The standard InChI is InChI=1S/C8H7FN2.C7H4FIN2/c1-5-7-3-2-6(9)4-8(7)11-10-5;8-4-1-2-5-6(3-4)10-11-7(5)9/h2-4H,1H3,(H,10,11);1-3H,(H,10,11). The van der Waals surface area contributed by atoms with Crippen LogP contribution in [0.4, 0.5) is 8.78 Å². The summed E-state index contributed by atoms with van der Waals surface area (Å²) in [6.07, 6.45) is 0. The Morgan fingerprint density at radius 1 is 0.864 bits per heavy atom. The predicted molar refractivity (Wildman–Crippen MR) is 89.6 cm³/mol. The first-order valence-corrected chi connectivity index (χ1v) is 7.52. The lowest BCUT2D eigenvalue weighted by Gasteiger charge is -1.87. The van der Waals surface area contributed by atoms with Gasteiger partial charge in [0.2, 0.25) is 0 Å². The molecule has 0 radical (unpaired) electrons. The number of nitrogens with zero attached hydrogens (tertiary/aromatic N) is 2. The normalized spacial score (nSPS) is 10.7. The third kappa shape index (κ3) is 2.94. The zero-order valence-corrected chi connectivity index (χ0v) is 13.6. The van der Waals surface area contributed by atoms with E-state index in [4.69, 9.17) is 0 Å². The van der Waals surface area contributed by atoms with E-state index in [-0.39, 0.29) is 11.6 Å². The van der Waals surface area contributed by atoms with Crippen LogP contribution in [0, 0.1) is 22.3 Å². The van der Waals surface area contributed by atoms with Gasteiger partial charge in [0.15, 0.2) is 0 Å². The highest BCUT2D eigenvalue weighted by Gasteiger charge is 2.02. The lowest BCUT2D eigenvalue weighted by atomic mass is 10.2. The van der Waals surface area contributed by atoms with Gasteiger partial charge in [-0.25, -0.2) is 8.78 Å². The van der Waals surface area contributed by atoms with Gasteiger partial charge < -0.3 is 0 Å². The van der Waals surface area contributed by atoms with Crippen molar-refractivity contribution in [3.05, 3.63) is 57.4 Å². The molecule has 0 aliphatic rings. The molecule has 0 saturated carbocycles. The zero-order valence-electron chi connectivity index (χ0n) is 11.5. The van der Waals surface area contributed by atoms with E-state index in [9.17, 15) is 8.78 Å². The van der Waals surface area contributed by atoms with Crippen LogP contribution in [0.15, 0.2) is 36.4 Å². The second-order valence-electron chi connectivity index (χ2n) is 4.71. The van der Waals surface area contributed by atoms with Crippen molar-refractivity contribution < 1.29 is 8.78 Å². The highest BCUT2D eigenvalue weighted by Crippen LogP contribution is 2.18. The number of aryl methyl sites for hydroxylation is 1. The number of hydrogen-bond acceptors (Lipinski definition) is 2. The molecule has 7 heteroatoms. The maximum atomic E-state index is 12.6. The van der Waals surface area contributed by atoms with Crippen LogP contribution in [-0.2, 0) is 0 Å². The molecule has 0 unspecified atom stereocenters. The summed E-state index contributed by atoms with van der Waals surface area (Å²) in [4.78, 5) is 0. The first kappa shape index (κ1) is 14.9. The summed E-state index contributed by atoms with van der Waals surface area (Å²) in [5, 5.41) is 15.3. The number of fused-ring (bicyclic) bond motifs is 2. The van der Waals surface area contributed by atoms with Gasteiger partial charge in [-0.05, 0) is 53.8 Å². The maximum absolute atomic E-state index is 12.6. The molecule has 0 atom stereocenters. The Labute approximate surface area is 138 Å². The molecular formula is C15H11F2IN4. The summed E-state index contributed by atoms with van der Waals surface area (Å²) in [6, 6.07) is 9.14. The minimum absolute atomic E-state index is 0.246. The summed E-state index contributed by atoms with van der Waals surface area (Å²) in [7, 11) is 0. The van der Waals surface area contributed by atoms with Crippen LogP contribution in [-0.4, -0.2) is 20.4 Å². The molecule has 0 fully saturated rings. The second kappa shape index (κ2) is 5.99. The topological polar surface area (TPSA) is 57.4 Å². The van der Waals surface area contributed by atoms with Crippen molar-refractivity contribution in [2.75, 3.05) is 0 Å². The fraction of sp³-hybridized carbons (Fsp3) is 0.0667. The molecule has 2 N–H and O–H groups in total. The van der Waals surface area contributed by atoms with Crippen LogP contribution in [0.1, 0.15) is 5.69 Å². The Balaban J connectivity index is 0.000000131. The molecule has 0 spiro atoms. The number of H-pyrrole nitrogens is 2. The predicted octanol–water partition coefficient (Wildman–Crippen LogP) is 4.32. The van der Waals surface area contributed by atoms with Crippen LogP contribution in [0.2, 0.25) is 0 Å². The first-order valence-electron chi connectivity index (χ1n) is 6.44. The highest BCUT2D eigenvalue weighted by atomic mass is 127. The fourth-order valence-electron chi connectivity index (χ4n) is 2.07. The van der Waals surface area contributed by atoms with E-state index >= 15 is 0 Å². The largest absolute Gasteiger partial charge is 0.282 e.